The summed E-state index contributed by atoms with van der Waals surface area (Å²) in [6.07, 6.45) is 0. The highest BCUT2D eigenvalue weighted by molar-refractivity contribution is 5.45. The Labute approximate surface area is 104 Å². The second kappa shape index (κ2) is 9.02. The molecule has 1 aromatic rings. The molecule has 96 valence electrons. The third-order valence-corrected chi connectivity index (χ3v) is 2.58. The number of benzene rings is 1. The van der Waals surface area contributed by atoms with Crippen LogP contribution in [0.4, 0.5) is 5.69 Å². The van der Waals surface area contributed by atoms with E-state index in [2.05, 4.69) is 36.1 Å². The van der Waals surface area contributed by atoms with Gasteiger partial charge < -0.3 is 14.4 Å². The van der Waals surface area contributed by atoms with E-state index in [0.717, 1.165) is 26.3 Å². The van der Waals surface area contributed by atoms with Crippen LogP contribution in [0.15, 0.2) is 30.3 Å². The number of ether oxygens (including phenoxy) is 2. The van der Waals surface area contributed by atoms with Crippen molar-refractivity contribution in [2.75, 3.05) is 44.4 Å². The van der Waals surface area contributed by atoms with Crippen molar-refractivity contribution in [2.45, 2.75) is 13.8 Å². The van der Waals surface area contributed by atoms with Gasteiger partial charge in [0.25, 0.3) is 0 Å². The summed E-state index contributed by atoms with van der Waals surface area (Å²) < 4.78 is 10.7. The second-order valence-corrected chi connectivity index (χ2v) is 3.72. The molecule has 0 N–H and O–H groups in total. The smallest absolute Gasteiger partial charge is 0.0701 e. The standard InChI is InChI=1S/C14H23NO2/c1-3-15(14-8-6-5-7-9-14)10-11-17-13-12-16-4-2/h5-9H,3-4,10-13H2,1-2H3. The lowest BCUT2D eigenvalue weighted by Gasteiger charge is -2.22. The minimum Gasteiger partial charge on any atom is -0.379 e. The molecule has 0 spiro atoms. The van der Waals surface area contributed by atoms with Crippen LogP contribution in [0.25, 0.3) is 0 Å². The van der Waals surface area contributed by atoms with Gasteiger partial charge in [-0.05, 0) is 26.0 Å². The van der Waals surface area contributed by atoms with E-state index in [4.69, 9.17) is 9.47 Å². The first-order valence-electron chi connectivity index (χ1n) is 6.34. The third-order valence-electron chi connectivity index (χ3n) is 2.58. The summed E-state index contributed by atoms with van der Waals surface area (Å²) in [5.74, 6) is 0. The van der Waals surface area contributed by atoms with Crippen molar-refractivity contribution in [3.63, 3.8) is 0 Å². The van der Waals surface area contributed by atoms with E-state index in [0.29, 0.717) is 13.2 Å². The summed E-state index contributed by atoms with van der Waals surface area (Å²) in [6, 6.07) is 10.4. The molecule has 0 heterocycles. The maximum absolute atomic E-state index is 5.52. The molecule has 3 nitrogen and oxygen atoms in total. The molecule has 17 heavy (non-hydrogen) atoms. The van der Waals surface area contributed by atoms with Gasteiger partial charge in [0, 0.05) is 25.4 Å². The zero-order valence-electron chi connectivity index (χ0n) is 10.9. The van der Waals surface area contributed by atoms with Crippen LogP contribution in [0.3, 0.4) is 0 Å². The van der Waals surface area contributed by atoms with E-state index in [1.54, 1.807) is 0 Å². The molecule has 0 unspecified atom stereocenters. The largest absolute Gasteiger partial charge is 0.379 e. The normalized spacial score (nSPS) is 10.5. The predicted molar refractivity (Wildman–Crippen MR) is 71.6 cm³/mol. The Hall–Kier alpha value is -1.06. The number of nitrogens with zero attached hydrogens (tertiary/aromatic N) is 1. The summed E-state index contributed by atoms with van der Waals surface area (Å²) in [7, 11) is 0. The Morgan fingerprint density at radius 1 is 0.941 bits per heavy atom. The van der Waals surface area contributed by atoms with Crippen molar-refractivity contribution in [3.05, 3.63) is 30.3 Å². The lowest BCUT2D eigenvalue weighted by Crippen LogP contribution is -2.27. The summed E-state index contributed by atoms with van der Waals surface area (Å²) in [5.41, 5.74) is 1.25. The first-order valence-corrected chi connectivity index (χ1v) is 6.34. The summed E-state index contributed by atoms with van der Waals surface area (Å²) >= 11 is 0. The molecular weight excluding hydrogens is 214 g/mol. The number of hydrogen-bond donors (Lipinski definition) is 0. The Balaban J connectivity index is 2.20. The molecule has 0 fully saturated rings. The van der Waals surface area contributed by atoms with Gasteiger partial charge in [0.2, 0.25) is 0 Å². The van der Waals surface area contributed by atoms with Gasteiger partial charge in [0.05, 0.1) is 19.8 Å². The SMILES string of the molecule is CCOCCOCCN(CC)c1ccccc1. The minimum atomic E-state index is 0.681. The van der Waals surface area contributed by atoms with Gasteiger partial charge in [-0.2, -0.15) is 0 Å². The fraction of sp³-hybridized carbons (Fsp3) is 0.571. The molecule has 1 aromatic carbocycles. The van der Waals surface area contributed by atoms with Gasteiger partial charge >= 0.3 is 0 Å². The number of rotatable bonds is 9. The third kappa shape index (κ3) is 5.71. The van der Waals surface area contributed by atoms with Crippen molar-refractivity contribution in [3.8, 4) is 0 Å². The van der Waals surface area contributed by atoms with Crippen molar-refractivity contribution in [1.29, 1.82) is 0 Å². The summed E-state index contributed by atoms with van der Waals surface area (Å²) in [5, 5.41) is 0. The molecule has 0 aliphatic rings. The van der Waals surface area contributed by atoms with Crippen LogP contribution in [0.5, 0.6) is 0 Å². The number of hydrogen-bond acceptors (Lipinski definition) is 3. The first-order chi connectivity index (χ1) is 8.38. The second-order valence-electron chi connectivity index (χ2n) is 3.72. The average molecular weight is 237 g/mol. The molecule has 3 heteroatoms. The Bertz CT molecular complexity index is 277. The number of anilines is 1. The minimum absolute atomic E-state index is 0.681. The molecule has 0 bridgehead atoms. The van der Waals surface area contributed by atoms with E-state index in [1.807, 2.05) is 13.0 Å². The Kier molecular flexibility index (Phi) is 7.43. The maximum Gasteiger partial charge on any atom is 0.0701 e. The van der Waals surface area contributed by atoms with E-state index in [9.17, 15) is 0 Å². The lowest BCUT2D eigenvalue weighted by molar-refractivity contribution is 0.0556. The highest BCUT2D eigenvalue weighted by Crippen LogP contribution is 2.11. The highest BCUT2D eigenvalue weighted by Gasteiger charge is 2.02. The van der Waals surface area contributed by atoms with Crippen molar-refractivity contribution >= 4 is 5.69 Å². The molecule has 0 amide bonds. The fourth-order valence-electron chi connectivity index (χ4n) is 1.65. The zero-order chi connectivity index (χ0) is 12.3. The predicted octanol–water partition coefficient (Wildman–Crippen LogP) is 2.57. The van der Waals surface area contributed by atoms with Crippen LogP contribution in [0, 0.1) is 0 Å². The van der Waals surface area contributed by atoms with E-state index in [1.165, 1.54) is 5.69 Å². The fourth-order valence-corrected chi connectivity index (χ4v) is 1.65. The number of likely N-dealkylation sites (N-methyl/N-ethyl adjacent to an activating group) is 1. The molecule has 1 rings (SSSR count). The average Bonchev–Trinajstić information content (AvgIpc) is 2.39. The topological polar surface area (TPSA) is 21.7 Å². The van der Waals surface area contributed by atoms with Crippen LogP contribution in [-0.4, -0.2) is 39.5 Å². The van der Waals surface area contributed by atoms with Gasteiger partial charge in [-0.1, -0.05) is 18.2 Å². The monoisotopic (exact) mass is 237 g/mol. The molecule has 0 atom stereocenters. The van der Waals surface area contributed by atoms with E-state index < -0.39 is 0 Å². The number of para-hydroxylation sites is 1. The molecule has 0 aliphatic heterocycles. The van der Waals surface area contributed by atoms with Crippen molar-refractivity contribution in [1.82, 2.24) is 0 Å². The molecule has 0 saturated heterocycles. The van der Waals surface area contributed by atoms with Crippen LogP contribution < -0.4 is 4.90 Å². The van der Waals surface area contributed by atoms with Gasteiger partial charge in [-0.15, -0.1) is 0 Å². The zero-order valence-corrected chi connectivity index (χ0v) is 10.9. The molecule has 0 radical (unpaired) electrons. The Morgan fingerprint density at radius 3 is 2.29 bits per heavy atom. The van der Waals surface area contributed by atoms with Crippen molar-refractivity contribution in [2.24, 2.45) is 0 Å². The maximum atomic E-state index is 5.52. The van der Waals surface area contributed by atoms with Crippen LogP contribution in [-0.2, 0) is 9.47 Å². The molecule has 0 saturated carbocycles. The van der Waals surface area contributed by atoms with Gasteiger partial charge in [-0.3, -0.25) is 0 Å². The quantitative estimate of drug-likeness (QED) is 0.616. The first kappa shape index (κ1) is 14.0. The highest BCUT2D eigenvalue weighted by atomic mass is 16.5. The summed E-state index contributed by atoms with van der Waals surface area (Å²) in [4.78, 5) is 2.31. The Morgan fingerprint density at radius 2 is 1.65 bits per heavy atom. The molecule has 0 aromatic heterocycles. The molecule has 0 aliphatic carbocycles. The summed E-state index contributed by atoms with van der Waals surface area (Å²) in [6.45, 7) is 8.95. The van der Waals surface area contributed by atoms with Crippen LogP contribution >= 0.6 is 0 Å². The van der Waals surface area contributed by atoms with Crippen molar-refractivity contribution < 1.29 is 9.47 Å². The van der Waals surface area contributed by atoms with Gasteiger partial charge in [-0.25, -0.2) is 0 Å². The van der Waals surface area contributed by atoms with Crippen LogP contribution in [0.1, 0.15) is 13.8 Å². The lowest BCUT2D eigenvalue weighted by atomic mass is 10.3. The van der Waals surface area contributed by atoms with Gasteiger partial charge in [0.1, 0.15) is 0 Å². The van der Waals surface area contributed by atoms with E-state index in [-0.39, 0.29) is 0 Å². The van der Waals surface area contributed by atoms with Crippen LogP contribution in [0.2, 0.25) is 0 Å². The van der Waals surface area contributed by atoms with Gasteiger partial charge in [0.15, 0.2) is 0 Å². The van der Waals surface area contributed by atoms with E-state index >= 15 is 0 Å². The molecular formula is C14H23NO2.